The highest BCUT2D eigenvalue weighted by molar-refractivity contribution is 5.83. The van der Waals surface area contributed by atoms with Crippen molar-refractivity contribution in [2.45, 2.75) is 31.8 Å². The molecular weight excluding hydrogens is 314 g/mol. The smallest absolute Gasteiger partial charge is 0.304 e. The van der Waals surface area contributed by atoms with E-state index in [0.717, 1.165) is 24.2 Å². The fraction of sp³-hybridized carbons (Fsp3) is 0.529. The number of aliphatic carboxylic acids is 1. The number of hydrogen-bond acceptors (Lipinski definition) is 5. The second kappa shape index (κ2) is 7.53. The molecule has 1 aromatic carbocycles. The summed E-state index contributed by atoms with van der Waals surface area (Å²) in [5.41, 5.74) is 1.02. The van der Waals surface area contributed by atoms with E-state index in [1.54, 1.807) is 0 Å². The molecule has 0 aromatic heterocycles. The van der Waals surface area contributed by atoms with Crippen molar-refractivity contribution in [3.8, 4) is 11.5 Å². The molecule has 130 valence electrons. The van der Waals surface area contributed by atoms with Gasteiger partial charge in [0.15, 0.2) is 11.5 Å². The third-order valence-corrected chi connectivity index (χ3v) is 4.29. The highest BCUT2D eigenvalue weighted by Crippen LogP contribution is 2.32. The first-order valence-corrected chi connectivity index (χ1v) is 8.13. The maximum atomic E-state index is 12.3. The maximum Gasteiger partial charge on any atom is 0.304 e. The van der Waals surface area contributed by atoms with Crippen LogP contribution >= 0.6 is 0 Å². The number of carbonyl (C=O) groups excluding carboxylic acids is 1. The van der Waals surface area contributed by atoms with Gasteiger partial charge >= 0.3 is 5.97 Å². The van der Waals surface area contributed by atoms with Crippen molar-refractivity contribution in [1.82, 2.24) is 5.32 Å². The topological polar surface area (TPSA) is 94.1 Å². The van der Waals surface area contributed by atoms with Crippen LogP contribution in [-0.2, 0) is 20.7 Å². The average Bonchev–Trinajstić information content (AvgIpc) is 3.23. The Morgan fingerprint density at radius 1 is 1.29 bits per heavy atom. The Labute approximate surface area is 139 Å². The van der Waals surface area contributed by atoms with Gasteiger partial charge in [-0.15, -0.1) is 0 Å². The molecule has 7 heteroatoms. The Morgan fingerprint density at radius 2 is 2.12 bits per heavy atom. The number of carboxylic acids is 1. The van der Waals surface area contributed by atoms with E-state index in [9.17, 15) is 9.59 Å². The number of rotatable bonds is 7. The Kier molecular flexibility index (Phi) is 5.20. The van der Waals surface area contributed by atoms with E-state index < -0.39 is 11.9 Å². The Morgan fingerprint density at radius 3 is 2.88 bits per heavy atom. The van der Waals surface area contributed by atoms with E-state index in [1.165, 1.54) is 0 Å². The van der Waals surface area contributed by atoms with Crippen molar-refractivity contribution < 1.29 is 28.9 Å². The van der Waals surface area contributed by atoms with Crippen LogP contribution in [0.25, 0.3) is 0 Å². The van der Waals surface area contributed by atoms with E-state index in [0.29, 0.717) is 25.3 Å². The lowest BCUT2D eigenvalue weighted by atomic mass is 9.95. The average molecular weight is 335 g/mol. The van der Waals surface area contributed by atoms with Gasteiger partial charge in [-0.3, -0.25) is 9.59 Å². The van der Waals surface area contributed by atoms with E-state index in [2.05, 4.69) is 5.32 Å². The van der Waals surface area contributed by atoms with Crippen molar-refractivity contribution in [3.63, 3.8) is 0 Å². The first-order chi connectivity index (χ1) is 11.6. The highest BCUT2D eigenvalue weighted by Gasteiger charge is 2.33. The van der Waals surface area contributed by atoms with Crippen LogP contribution in [0.2, 0.25) is 0 Å². The quantitative estimate of drug-likeness (QED) is 0.781. The summed E-state index contributed by atoms with van der Waals surface area (Å²) in [6.45, 7) is 1.25. The van der Waals surface area contributed by atoms with E-state index in [-0.39, 0.29) is 25.2 Å². The van der Waals surface area contributed by atoms with Crippen LogP contribution in [0.3, 0.4) is 0 Å². The Hall–Kier alpha value is -2.28. The molecule has 0 saturated carbocycles. The van der Waals surface area contributed by atoms with Crippen LogP contribution in [0.4, 0.5) is 0 Å². The molecule has 2 N–H and O–H groups in total. The number of amides is 1. The number of benzene rings is 1. The van der Waals surface area contributed by atoms with E-state index >= 15 is 0 Å². The van der Waals surface area contributed by atoms with Gasteiger partial charge in [-0.05, 0) is 37.0 Å². The standard InChI is InChI=1S/C17H21NO6/c19-16(20)9-12(13-2-1-7-22-13)17(21)18-6-5-11-3-4-14-15(8-11)24-10-23-14/h3-4,8,12-13H,1-2,5-7,9-10H2,(H,18,21)(H,19,20)/t12-,13-/m1/s1. The van der Waals surface area contributed by atoms with Gasteiger partial charge in [0.2, 0.25) is 12.7 Å². The summed E-state index contributed by atoms with van der Waals surface area (Å²) in [7, 11) is 0. The molecule has 2 aliphatic rings. The van der Waals surface area contributed by atoms with Crippen LogP contribution in [0.1, 0.15) is 24.8 Å². The lowest BCUT2D eigenvalue weighted by molar-refractivity contribution is -0.143. The number of nitrogens with one attached hydrogen (secondary N) is 1. The summed E-state index contributed by atoms with van der Waals surface area (Å²) < 4.78 is 16.1. The fourth-order valence-corrected chi connectivity index (χ4v) is 3.06. The molecule has 1 aromatic rings. The van der Waals surface area contributed by atoms with Crippen molar-refractivity contribution in [2.24, 2.45) is 5.92 Å². The number of carboxylic acid groups (broad SMARTS) is 1. The zero-order valence-electron chi connectivity index (χ0n) is 13.3. The predicted octanol–water partition coefficient (Wildman–Crippen LogP) is 1.34. The van der Waals surface area contributed by atoms with Gasteiger partial charge in [-0.1, -0.05) is 6.07 Å². The molecule has 0 aliphatic carbocycles. The van der Waals surface area contributed by atoms with Gasteiger partial charge in [-0.25, -0.2) is 0 Å². The molecule has 0 radical (unpaired) electrons. The first kappa shape index (κ1) is 16.6. The fourth-order valence-electron chi connectivity index (χ4n) is 3.06. The molecule has 2 atom stereocenters. The predicted molar refractivity (Wildman–Crippen MR) is 84.0 cm³/mol. The lowest BCUT2D eigenvalue weighted by Crippen LogP contribution is -2.39. The maximum absolute atomic E-state index is 12.3. The SMILES string of the molecule is O=C(O)C[C@@H](C(=O)NCCc1ccc2c(c1)OCO2)[C@H]1CCCO1. The summed E-state index contributed by atoms with van der Waals surface area (Å²) in [5, 5.41) is 11.9. The Balaban J connectivity index is 1.52. The molecule has 3 rings (SSSR count). The lowest BCUT2D eigenvalue weighted by Gasteiger charge is -2.20. The molecular formula is C17H21NO6. The van der Waals surface area contributed by atoms with Crippen molar-refractivity contribution in [2.75, 3.05) is 19.9 Å². The number of carbonyl (C=O) groups is 2. The van der Waals surface area contributed by atoms with Crippen LogP contribution in [0.5, 0.6) is 11.5 Å². The molecule has 1 fully saturated rings. The van der Waals surface area contributed by atoms with Crippen LogP contribution < -0.4 is 14.8 Å². The van der Waals surface area contributed by atoms with Gasteiger partial charge in [0.05, 0.1) is 18.4 Å². The Bertz CT molecular complexity index is 611. The van der Waals surface area contributed by atoms with Gasteiger partial charge in [0, 0.05) is 13.2 Å². The molecule has 1 amide bonds. The second-order valence-electron chi connectivity index (χ2n) is 5.98. The summed E-state index contributed by atoms with van der Waals surface area (Å²) in [5.74, 6) is -0.446. The van der Waals surface area contributed by atoms with Gasteiger partial charge < -0.3 is 24.6 Å². The normalized spacial score (nSPS) is 19.9. The molecule has 0 spiro atoms. The molecule has 1 saturated heterocycles. The molecule has 0 unspecified atom stereocenters. The molecule has 2 aliphatic heterocycles. The number of hydrogen-bond donors (Lipinski definition) is 2. The minimum atomic E-state index is -0.985. The minimum Gasteiger partial charge on any atom is -0.481 e. The molecule has 0 bridgehead atoms. The summed E-state index contributed by atoms with van der Waals surface area (Å²) in [6.07, 6.45) is 1.72. The van der Waals surface area contributed by atoms with E-state index in [4.69, 9.17) is 19.3 Å². The monoisotopic (exact) mass is 335 g/mol. The van der Waals surface area contributed by atoms with Crippen molar-refractivity contribution in [1.29, 1.82) is 0 Å². The minimum absolute atomic E-state index is 0.208. The third-order valence-electron chi connectivity index (χ3n) is 4.29. The molecule has 7 nitrogen and oxygen atoms in total. The summed E-state index contributed by atoms with van der Waals surface area (Å²) in [6, 6.07) is 5.66. The molecule has 24 heavy (non-hydrogen) atoms. The van der Waals surface area contributed by atoms with Crippen molar-refractivity contribution in [3.05, 3.63) is 23.8 Å². The highest BCUT2D eigenvalue weighted by atomic mass is 16.7. The largest absolute Gasteiger partial charge is 0.481 e. The zero-order chi connectivity index (χ0) is 16.9. The number of fused-ring (bicyclic) bond motifs is 1. The van der Waals surface area contributed by atoms with Crippen LogP contribution in [-0.4, -0.2) is 43.0 Å². The first-order valence-electron chi connectivity index (χ1n) is 8.13. The summed E-state index contributed by atoms with van der Waals surface area (Å²) >= 11 is 0. The van der Waals surface area contributed by atoms with Crippen LogP contribution in [0, 0.1) is 5.92 Å². The van der Waals surface area contributed by atoms with Gasteiger partial charge in [-0.2, -0.15) is 0 Å². The van der Waals surface area contributed by atoms with Crippen molar-refractivity contribution >= 4 is 11.9 Å². The third kappa shape index (κ3) is 3.97. The number of ether oxygens (including phenoxy) is 3. The van der Waals surface area contributed by atoms with Crippen LogP contribution in [0.15, 0.2) is 18.2 Å². The summed E-state index contributed by atoms with van der Waals surface area (Å²) in [4.78, 5) is 23.4. The van der Waals surface area contributed by atoms with Gasteiger partial charge in [0.1, 0.15) is 0 Å². The van der Waals surface area contributed by atoms with E-state index in [1.807, 2.05) is 18.2 Å². The van der Waals surface area contributed by atoms with Gasteiger partial charge in [0.25, 0.3) is 0 Å². The second-order valence-corrected chi connectivity index (χ2v) is 5.98. The zero-order valence-corrected chi connectivity index (χ0v) is 13.3. The molecule has 2 heterocycles.